The highest BCUT2D eigenvalue weighted by molar-refractivity contribution is 6.30. The van der Waals surface area contributed by atoms with Crippen molar-refractivity contribution in [2.45, 2.75) is 6.10 Å². The van der Waals surface area contributed by atoms with Crippen molar-refractivity contribution in [3.63, 3.8) is 0 Å². The number of rotatable bonds is 6. The number of halogens is 2. The number of β-amino-alcohol motifs (C(OH)–C–C–N with tert-alkyl or cyclic N) is 1. The Morgan fingerprint density at radius 1 is 1.29 bits per heavy atom. The topological polar surface area (TPSA) is 114 Å². The molecule has 0 spiro atoms. The van der Waals surface area contributed by atoms with Gasteiger partial charge in [-0.15, -0.1) is 12.4 Å². The Labute approximate surface area is 172 Å². The Morgan fingerprint density at radius 2 is 2.00 bits per heavy atom. The number of hydrogen-bond acceptors (Lipinski definition) is 6. The van der Waals surface area contributed by atoms with E-state index in [0.29, 0.717) is 30.9 Å². The highest BCUT2D eigenvalue weighted by Gasteiger charge is 2.25. The van der Waals surface area contributed by atoms with Crippen LogP contribution in [-0.4, -0.2) is 41.7 Å². The zero-order valence-corrected chi connectivity index (χ0v) is 16.2. The van der Waals surface area contributed by atoms with Crippen LogP contribution in [0, 0.1) is 16.0 Å². The average molecular weight is 428 g/mol. The number of nitrogens with one attached hydrogen (secondary N) is 2. The second-order valence-corrected chi connectivity index (χ2v) is 6.63. The standard InChI is InChI=1S/C18H18ClN3O5.ClH/c19-13-3-6-17(15(7-13)22(25)26)27-14-4-1-11(2-5-14)18(24)21-9-12-8-20-10-16(12)23;/h1-7,12,16,20,23H,8-10H2,(H,21,24);1H. The van der Waals surface area contributed by atoms with Crippen molar-refractivity contribution in [3.8, 4) is 11.5 Å². The molecule has 1 heterocycles. The van der Waals surface area contributed by atoms with Gasteiger partial charge in [0.05, 0.1) is 11.0 Å². The van der Waals surface area contributed by atoms with Crippen molar-refractivity contribution in [3.05, 3.63) is 63.2 Å². The van der Waals surface area contributed by atoms with Gasteiger partial charge in [-0.25, -0.2) is 0 Å². The number of amides is 1. The van der Waals surface area contributed by atoms with E-state index in [1.807, 2.05) is 0 Å². The van der Waals surface area contributed by atoms with Crippen LogP contribution in [0.5, 0.6) is 11.5 Å². The highest BCUT2D eigenvalue weighted by Crippen LogP contribution is 2.33. The van der Waals surface area contributed by atoms with Crippen LogP contribution in [0.3, 0.4) is 0 Å². The molecule has 2 aromatic rings. The zero-order valence-electron chi connectivity index (χ0n) is 14.6. The van der Waals surface area contributed by atoms with E-state index in [0.717, 1.165) is 0 Å². The van der Waals surface area contributed by atoms with E-state index in [2.05, 4.69) is 10.6 Å². The maximum Gasteiger partial charge on any atom is 0.313 e. The zero-order chi connectivity index (χ0) is 19.4. The third-order valence-corrected chi connectivity index (χ3v) is 4.53. The lowest BCUT2D eigenvalue weighted by molar-refractivity contribution is -0.385. The first-order valence-corrected chi connectivity index (χ1v) is 8.70. The lowest BCUT2D eigenvalue weighted by atomic mass is 10.1. The van der Waals surface area contributed by atoms with Crippen LogP contribution >= 0.6 is 24.0 Å². The van der Waals surface area contributed by atoms with Crippen LogP contribution < -0.4 is 15.4 Å². The van der Waals surface area contributed by atoms with E-state index < -0.39 is 11.0 Å². The van der Waals surface area contributed by atoms with E-state index in [4.69, 9.17) is 16.3 Å². The van der Waals surface area contributed by atoms with Crippen LogP contribution in [0.15, 0.2) is 42.5 Å². The van der Waals surface area contributed by atoms with Crippen LogP contribution in [0.2, 0.25) is 5.02 Å². The van der Waals surface area contributed by atoms with Crippen LogP contribution in [0.1, 0.15) is 10.4 Å². The van der Waals surface area contributed by atoms with Gasteiger partial charge in [0.15, 0.2) is 0 Å². The van der Waals surface area contributed by atoms with Gasteiger partial charge in [0.25, 0.3) is 5.91 Å². The molecule has 2 unspecified atom stereocenters. The number of aliphatic hydroxyl groups excluding tert-OH is 1. The number of carbonyl (C=O) groups excluding carboxylic acids is 1. The minimum absolute atomic E-state index is 0. The molecule has 0 aliphatic carbocycles. The quantitative estimate of drug-likeness (QED) is 0.482. The van der Waals surface area contributed by atoms with Gasteiger partial charge in [-0.05, 0) is 36.4 Å². The third kappa shape index (κ3) is 5.32. The third-order valence-electron chi connectivity index (χ3n) is 4.29. The second-order valence-electron chi connectivity index (χ2n) is 6.19. The fourth-order valence-electron chi connectivity index (χ4n) is 2.77. The predicted molar refractivity (Wildman–Crippen MR) is 107 cm³/mol. The van der Waals surface area contributed by atoms with E-state index in [1.165, 1.54) is 18.2 Å². The fourth-order valence-corrected chi connectivity index (χ4v) is 2.94. The second kappa shape index (κ2) is 9.70. The van der Waals surface area contributed by atoms with Crippen molar-refractivity contribution in [2.24, 2.45) is 5.92 Å². The molecule has 1 fully saturated rings. The summed E-state index contributed by atoms with van der Waals surface area (Å²) in [6.07, 6.45) is -0.462. The number of nitro groups is 1. The molecule has 2 atom stereocenters. The molecule has 0 saturated carbocycles. The van der Waals surface area contributed by atoms with Crippen molar-refractivity contribution in [2.75, 3.05) is 19.6 Å². The van der Waals surface area contributed by atoms with E-state index in [-0.39, 0.29) is 40.7 Å². The number of nitrogens with zero attached hydrogens (tertiary/aromatic N) is 1. The molecule has 10 heteroatoms. The SMILES string of the molecule is Cl.O=C(NCC1CNCC1O)c1ccc(Oc2ccc(Cl)cc2[N+](=O)[O-])cc1. The fraction of sp³-hybridized carbons (Fsp3) is 0.278. The molecule has 1 aliphatic rings. The number of ether oxygens (including phenoxy) is 1. The van der Waals surface area contributed by atoms with Crippen molar-refractivity contribution in [1.29, 1.82) is 0 Å². The molecule has 28 heavy (non-hydrogen) atoms. The molecule has 0 radical (unpaired) electrons. The average Bonchev–Trinajstić information content (AvgIpc) is 3.06. The minimum Gasteiger partial charge on any atom is -0.450 e. The maximum absolute atomic E-state index is 12.2. The first-order chi connectivity index (χ1) is 12.9. The normalized spacial score (nSPS) is 18.2. The predicted octanol–water partition coefficient (Wildman–Crippen LogP) is 2.77. The van der Waals surface area contributed by atoms with Gasteiger partial charge in [-0.1, -0.05) is 11.6 Å². The number of benzene rings is 2. The smallest absolute Gasteiger partial charge is 0.313 e. The highest BCUT2D eigenvalue weighted by atomic mass is 35.5. The van der Waals surface area contributed by atoms with Crippen molar-refractivity contribution < 1.29 is 19.6 Å². The summed E-state index contributed by atoms with van der Waals surface area (Å²) in [5.41, 5.74) is 0.182. The number of carbonyl (C=O) groups is 1. The summed E-state index contributed by atoms with van der Waals surface area (Å²) in [6, 6.07) is 10.4. The molecule has 0 aromatic heterocycles. The molecule has 0 bridgehead atoms. The van der Waals surface area contributed by atoms with Gasteiger partial charge in [-0.3, -0.25) is 14.9 Å². The Hall–Kier alpha value is -2.39. The summed E-state index contributed by atoms with van der Waals surface area (Å²) in [7, 11) is 0. The minimum atomic E-state index is -0.574. The molecule has 1 saturated heterocycles. The van der Waals surface area contributed by atoms with Crippen molar-refractivity contribution in [1.82, 2.24) is 10.6 Å². The lowest BCUT2D eigenvalue weighted by Gasteiger charge is -2.14. The Kier molecular flexibility index (Phi) is 7.59. The van der Waals surface area contributed by atoms with Crippen LogP contribution in [-0.2, 0) is 0 Å². The van der Waals surface area contributed by atoms with Gasteiger partial charge < -0.3 is 20.5 Å². The van der Waals surface area contributed by atoms with Gasteiger partial charge in [-0.2, -0.15) is 0 Å². The number of hydrogen-bond donors (Lipinski definition) is 3. The molecule has 1 aliphatic heterocycles. The molecule has 3 rings (SSSR count). The van der Waals surface area contributed by atoms with Crippen molar-refractivity contribution >= 4 is 35.6 Å². The molecular weight excluding hydrogens is 409 g/mol. The van der Waals surface area contributed by atoms with Crippen LogP contribution in [0.4, 0.5) is 5.69 Å². The summed E-state index contributed by atoms with van der Waals surface area (Å²) in [6.45, 7) is 1.57. The largest absolute Gasteiger partial charge is 0.450 e. The molecule has 1 amide bonds. The summed E-state index contributed by atoms with van der Waals surface area (Å²) in [5.74, 6) is 0.136. The van der Waals surface area contributed by atoms with Gasteiger partial charge >= 0.3 is 5.69 Å². The van der Waals surface area contributed by atoms with E-state index in [1.54, 1.807) is 24.3 Å². The lowest BCUT2D eigenvalue weighted by Crippen LogP contribution is -2.34. The molecule has 3 N–H and O–H groups in total. The molecule has 150 valence electrons. The molecular formula is C18H19Cl2N3O5. The maximum atomic E-state index is 12.2. The van der Waals surface area contributed by atoms with E-state index in [9.17, 15) is 20.0 Å². The summed E-state index contributed by atoms with van der Waals surface area (Å²) < 4.78 is 5.54. The summed E-state index contributed by atoms with van der Waals surface area (Å²) >= 11 is 5.78. The Balaban J connectivity index is 0.00000280. The summed E-state index contributed by atoms with van der Waals surface area (Å²) in [5, 5.41) is 26.9. The van der Waals surface area contributed by atoms with E-state index >= 15 is 0 Å². The van der Waals surface area contributed by atoms with Crippen LogP contribution in [0.25, 0.3) is 0 Å². The summed E-state index contributed by atoms with van der Waals surface area (Å²) in [4.78, 5) is 22.7. The number of aliphatic hydroxyl groups is 1. The first kappa shape index (κ1) is 21.9. The molecule has 8 nitrogen and oxygen atoms in total. The first-order valence-electron chi connectivity index (χ1n) is 8.33. The monoisotopic (exact) mass is 427 g/mol. The Morgan fingerprint density at radius 3 is 2.61 bits per heavy atom. The number of nitro benzene ring substituents is 1. The van der Waals surface area contributed by atoms with Gasteiger partial charge in [0, 0.05) is 42.2 Å². The Bertz CT molecular complexity index is 848. The van der Waals surface area contributed by atoms with Gasteiger partial charge in [0.2, 0.25) is 5.75 Å². The molecule has 2 aromatic carbocycles. The van der Waals surface area contributed by atoms with Gasteiger partial charge in [0.1, 0.15) is 5.75 Å².